The van der Waals surface area contributed by atoms with E-state index in [0.29, 0.717) is 29.1 Å². The van der Waals surface area contributed by atoms with Crippen molar-refractivity contribution in [1.82, 2.24) is 14.4 Å². The Morgan fingerprint density at radius 2 is 1.39 bits per heavy atom. The van der Waals surface area contributed by atoms with E-state index in [1.807, 2.05) is 42.5 Å². The molecule has 5 rings (SSSR count). The van der Waals surface area contributed by atoms with Crippen LogP contribution in [0.15, 0.2) is 85.1 Å². The van der Waals surface area contributed by atoms with Crippen LogP contribution in [0.2, 0.25) is 0 Å². The smallest absolute Gasteiger partial charge is 0.219 e. The standard InChI is InChI=1S/C27H21N3O3/c31-21-11-6-19(7-12-21)16-24-27(33)30-17-25(20-9-13-22(32)14-10-20)28-23(26(30)29-24)15-8-18-4-2-1-3-5-18/h1-15,17,31-33H,16H2/b15-8+. The SMILES string of the molecule is Oc1ccc(Cc2nc3c(/C=C/c4ccccc4)nc(-c4ccc(O)cc4)cn3c2O)cc1. The molecule has 0 unspecified atom stereocenters. The summed E-state index contributed by atoms with van der Waals surface area (Å²) in [5, 5.41) is 30.2. The predicted octanol–water partition coefficient (Wildman–Crippen LogP) is 5.27. The Morgan fingerprint density at radius 1 is 0.727 bits per heavy atom. The van der Waals surface area contributed by atoms with Gasteiger partial charge in [0, 0.05) is 18.2 Å². The lowest BCUT2D eigenvalue weighted by Gasteiger charge is -2.06. The number of phenolic OH excluding ortho intramolecular Hbond substituents is 2. The van der Waals surface area contributed by atoms with Crippen molar-refractivity contribution >= 4 is 17.8 Å². The highest BCUT2D eigenvalue weighted by Crippen LogP contribution is 2.29. The van der Waals surface area contributed by atoms with Crippen LogP contribution in [0.4, 0.5) is 0 Å². The molecule has 0 radical (unpaired) electrons. The van der Waals surface area contributed by atoms with Gasteiger partial charge in [0.1, 0.15) is 22.9 Å². The molecule has 5 aromatic rings. The molecule has 2 aromatic heterocycles. The minimum Gasteiger partial charge on any atom is -0.508 e. The lowest BCUT2D eigenvalue weighted by atomic mass is 10.1. The van der Waals surface area contributed by atoms with Crippen molar-refractivity contribution in [3.05, 3.63) is 108 Å². The highest BCUT2D eigenvalue weighted by molar-refractivity contribution is 5.77. The number of phenols is 2. The summed E-state index contributed by atoms with van der Waals surface area (Å²) in [6, 6.07) is 23.5. The van der Waals surface area contributed by atoms with E-state index in [2.05, 4.69) is 4.98 Å². The number of nitrogens with zero attached hydrogens (tertiary/aromatic N) is 3. The molecule has 6 nitrogen and oxygen atoms in total. The second-order valence-corrected chi connectivity index (χ2v) is 7.72. The first kappa shape index (κ1) is 20.3. The van der Waals surface area contributed by atoms with Gasteiger partial charge >= 0.3 is 0 Å². The average Bonchev–Trinajstić information content (AvgIpc) is 3.15. The maximum absolute atomic E-state index is 11.0. The number of hydrogen-bond donors (Lipinski definition) is 3. The first-order chi connectivity index (χ1) is 16.1. The zero-order valence-corrected chi connectivity index (χ0v) is 17.6. The zero-order chi connectivity index (χ0) is 22.8. The summed E-state index contributed by atoms with van der Waals surface area (Å²) in [6.07, 6.45) is 5.98. The number of fused-ring (bicyclic) bond motifs is 1. The van der Waals surface area contributed by atoms with Crippen molar-refractivity contribution in [1.29, 1.82) is 0 Å². The Hall–Kier alpha value is -4.58. The number of aromatic nitrogens is 3. The molecule has 33 heavy (non-hydrogen) atoms. The fourth-order valence-corrected chi connectivity index (χ4v) is 3.65. The van der Waals surface area contributed by atoms with Crippen LogP contribution in [0.5, 0.6) is 17.4 Å². The largest absolute Gasteiger partial charge is 0.508 e. The molecule has 162 valence electrons. The molecule has 0 saturated heterocycles. The van der Waals surface area contributed by atoms with E-state index in [-0.39, 0.29) is 17.4 Å². The number of benzene rings is 3. The van der Waals surface area contributed by atoms with Gasteiger partial charge in [-0.1, -0.05) is 48.5 Å². The minimum atomic E-state index is 0.0369. The van der Waals surface area contributed by atoms with E-state index in [4.69, 9.17) is 4.98 Å². The molecule has 0 spiro atoms. The Kier molecular flexibility index (Phi) is 5.24. The Labute approximate surface area is 190 Å². The molecule has 3 N–H and O–H groups in total. The van der Waals surface area contributed by atoms with Gasteiger partial charge in [-0.25, -0.2) is 9.97 Å². The van der Waals surface area contributed by atoms with Gasteiger partial charge in [0.05, 0.1) is 5.69 Å². The third-order valence-corrected chi connectivity index (χ3v) is 5.38. The molecule has 0 amide bonds. The molecule has 0 saturated carbocycles. The van der Waals surface area contributed by atoms with Crippen LogP contribution in [-0.2, 0) is 6.42 Å². The van der Waals surface area contributed by atoms with Crippen LogP contribution < -0.4 is 0 Å². The fourth-order valence-electron chi connectivity index (χ4n) is 3.65. The Balaban J connectivity index is 1.63. The summed E-state index contributed by atoms with van der Waals surface area (Å²) < 4.78 is 1.63. The van der Waals surface area contributed by atoms with Gasteiger partial charge in [0.15, 0.2) is 5.65 Å². The summed E-state index contributed by atoms with van der Waals surface area (Å²) in [6.45, 7) is 0. The first-order valence-corrected chi connectivity index (χ1v) is 10.5. The molecule has 0 aliphatic heterocycles. The van der Waals surface area contributed by atoms with Crippen LogP contribution in [0.25, 0.3) is 29.1 Å². The highest BCUT2D eigenvalue weighted by Gasteiger charge is 2.17. The van der Waals surface area contributed by atoms with E-state index < -0.39 is 0 Å². The molecule has 6 heteroatoms. The van der Waals surface area contributed by atoms with E-state index in [1.54, 1.807) is 59.1 Å². The van der Waals surface area contributed by atoms with E-state index >= 15 is 0 Å². The van der Waals surface area contributed by atoms with Crippen molar-refractivity contribution < 1.29 is 15.3 Å². The second-order valence-electron chi connectivity index (χ2n) is 7.72. The quantitative estimate of drug-likeness (QED) is 0.350. The van der Waals surface area contributed by atoms with Gasteiger partial charge < -0.3 is 15.3 Å². The zero-order valence-electron chi connectivity index (χ0n) is 17.6. The number of aromatic hydroxyl groups is 3. The maximum atomic E-state index is 11.0. The van der Waals surface area contributed by atoms with Gasteiger partial charge in [-0.2, -0.15) is 0 Å². The molecule has 0 bridgehead atoms. The van der Waals surface area contributed by atoms with Crippen molar-refractivity contribution in [3.63, 3.8) is 0 Å². The summed E-state index contributed by atoms with van der Waals surface area (Å²) >= 11 is 0. The monoisotopic (exact) mass is 435 g/mol. The van der Waals surface area contributed by atoms with Crippen molar-refractivity contribution in [2.75, 3.05) is 0 Å². The highest BCUT2D eigenvalue weighted by atomic mass is 16.3. The Bertz CT molecular complexity index is 1440. The van der Waals surface area contributed by atoms with Crippen molar-refractivity contribution in [2.24, 2.45) is 0 Å². The molecule has 0 aliphatic carbocycles. The van der Waals surface area contributed by atoms with Crippen LogP contribution in [0.1, 0.15) is 22.5 Å². The van der Waals surface area contributed by atoms with E-state index in [1.165, 1.54) is 0 Å². The number of hydrogen-bond acceptors (Lipinski definition) is 5. The summed E-state index contributed by atoms with van der Waals surface area (Å²) in [5.74, 6) is 0.398. The van der Waals surface area contributed by atoms with Gasteiger partial charge in [0.2, 0.25) is 5.88 Å². The van der Waals surface area contributed by atoms with Crippen LogP contribution in [0, 0.1) is 0 Å². The van der Waals surface area contributed by atoms with Gasteiger partial charge in [-0.05, 0) is 53.6 Å². The molecule has 0 aliphatic rings. The average molecular weight is 435 g/mol. The summed E-state index contributed by atoms with van der Waals surface area (Å²) in [4.78, 5) is 9.48. The van der Waals surface area contributed by atoms with Crippen molar-refractivity contribution in [2.45, 2.75) is 6.42 Å². The van der Waals surface area contributed by atoms with E-state index in [0.717, 1.165) is 16.7 Å². The minimum absolute atomic E-state index is 0.0369. The molecule has 0 fully saturated rings. The second kappa shape index (κ2) is 8.51. The topological polar surface area (TPSA) is 90.9 Å². The maximum Gasteiger partial charge on any atom is 0.219 e. The first-order valence-electron chi connectivity index (χ1n) is 10.5. The normalized spacial score (nSPS) is 11.4. The number of imidazole rings is 1. The summed E-state index contributed by atoms with van der Waals surface area (Å²) in [7, 11) is 0. The summed E-state index contributed by atoms with van der Waals surface area (Å²) in [5.41, 5.74) is 5.04. The van der Waals surface area contributed by atoms with Gasteiger partial charge in [-0.3, -0.25) is 4.40 Å². The fraction of sp³-hybridized carbons (Fsp3) is 0.0370. The molecule has 0 atom stereocenters. The molecular formula is C27H21N3O3. The van der Waals surface area contributed by atoms with Crippen LogP contribution in [0.3, 0.4) is 0 Å². The lowest BCUT2D eigenvalue weighted by molar-refractivity contribution is 0.442. The molecular weight excluding hydrogens is 414 g/mol. The van der Waals surface area contributed by atoms with Crippen LogP contribution >= 0.6 is 0 Å². The van der Waals surface area contributed by atoms with Gasteiger partial charge in [0.25, 0.3) is 0 Å². The predicted molar refractivity (Wildman–Crippen MR) is 128 cm³/mol. The number of rotatable bonds is 5. The van der Waals surface area contributed by atoms with Crippen LogP contribution in [-0.4, -0.2) is 29.7 Å². The van der Waals surface area contributed by atoms with Gasteiger partial charge in [-0.15, -0.1) is 0 Å². The lowest BCUT2D eigenvalue weighted by Crippen LogP contribution is -1.95. The van der Waals surface area contributed by atoms with E-state index in [9.17, 15) is 15.3 Å². The molecule has 2 heterocycles. The van der Waals surface area contributed by atoms with Crippen molar-refractivity contribution in [3.8, 4) is 28.6 Å². The third kappa shape index (κ3) is 4.27. The Morgan fingerprint density at radius 3 is 2.09 bits per heavy atom. The molecule has 3 aromatic carbocycles. The third-order valence-electron chi connectivity index (χ3n) is 5.38.